The predicted octanol–water partition coefficient (Wildman–Crippen LogP) is 3.77. The lowest BCUT2D eigenvalue weighted by Crippen LogP contribution is -2.28. The van der Waals surface area contributed by atoms with Crippen LogP contribution in [0.3, 0.4) is 0 Å². The number of amides is 2. The number of carbonyl (C=O) groups excluding carboxylic acids is 2. The van der Waals surface area contributed by atoms with E-state index in [9.17, 15) is 14.0 Å². The topological polar surface area (TPSA) is 49.4 Å². The Morgan fingerprint density at radius 1 is 1.28 bits per heavy atom. The van der Waals surface area contributed by atoms with Crippen LogP contribution in [-0.4, -0.2) is 23.3 Å². The lowest BCUT2D eigenvalue weighted by molar-refractivity contribution is -0.128. The number of hydrogen-bond donors (Lipinski definition) is 1. The van der Waals surface area contributed by atoms with Gasteiger partial charge >= 0.3 is 0 Å². The Kier molecular flexibility index (Phi) is 5.04. The van der Waals surface area contributed by atoms with Gasteiger partial charge in [0, 0.05) is 19.5 Å². The summed E-state index contributed by atoms with van der Waals surface area (Å²) in [7, 11) is 0. The monoisotopic (exact) mass is 360 g/mol. The molecule has 25 heavy (non-hydrogen) atoms. The van der Waals surface area contributed by atoms with Crippen molar-refractivity contribution in [1.29, 1.82) is 0 Å². The second-order valence-corrected chi connectivity index (χ2v) is 6.66. The first-order valence-electron chi connectivity index (χ1n) is 8.02. The van der Waals surface area contributed by atoms with Gasteiger partial charge in [-0.1, -0.05) is 47.5 Å². The zero-order valence-electron chi connectivity index (χ0n) is 13.8. The molecule has 2 aromatic carbocycles. The van der Waals surface area contributed by atoms with Crippen molar-refractivity contribution in [2.75, 3.05) is 11.9 Å². The lowest BCUT2D eigenvalue weighted by Gasteiger charge is -2.17. The molecule has 130 valence electrons. The summed E-state index contributed by atoms with van der Waals surface area (Å²) in [5.74, 6) is -1.62. The maximum atomic E-state index is 13.9. The number of nitrogens with one attached hydrogen (secondary N) is 1. The molecule has 0 radical (unpaired) electrons. The van der Waals surface area contributed by atoms with Crippen molar-refractivity contribution in [2.24, 2.45) is 5.92 Å². The number of hydrogen-bond acceptors (Lipinski definition) is 2. The summed E-state index contributed by atoms with van der Waals surface area (Å²) in [5, 5.41) is 2.47. The van der Waals surface area contributed by atoms with Gasteiger partial charge in [0.25, 0.3) is 0 Å². The number of aryl methyl sites for hydroxylation is 1. The van der Waals surface area contributed by atoms with Crippen molar-refractivity contribution < 1.29 is 14.0 Å². The SMILES string of the molecule is Cc1ccc(CN2CC(C(=O)Nc3cccc(Cl)c3F)CC2=O)cc1. The van der Waals surface area contributed by atoms with Crippen molar-refractivity contribution in [3.63, 3.8) is 0 Å². The molecule has 1 N–H and O–H groups in total. The van der Waals surface area contributed by atoms with E-state index in [1.165, 1.54) is 12.1 Å². The van der Waals surface area contributed by atoms with Crippen LogP contribution in [0, 0.1) is 18.7 Å². The minimum Gasteiger partial charge on any atom is -0.338 e. The van der Waals surface area contributed by atoms with Crippen LogP contribution in [0.2, 0.25) is 5.02 Å². The molecule has 3 rings (SSSR count). The van der Waals surface area contributed by atoms with Crippen LogP contribution in [0.4, 0.5) is 10.1 Å². The second kappa shape index (κ2) is 7.23. The molecule has 0 spiro atoms. The van der Waals surface area contributed by atoms with Crippen molar-refractivity contribution in [3.8, 4) is 0 Å². The van der Waals surface area contributed by atoms with Gasteiger partial charge in [-0.25, -0.2) is 4.39 Å². The summed E-state index contributed by atoms with van der Waals surface area (Å²) >= 11 is 5.72. The van der Waals surface area contributed by atoms with E-state index in [2.05, 4.69) is 5.32 Å². The first-order valence-corrected chi connectivity index (χ1v) is 8.40. The fourth-order valence-corrected chi connectivity index (χ4v) is 3.02. The van der Waals surface area contributed by atoms with Gasteiger partial charge in [0.2, 0.25) is 11.8 Å². The lowest BCUT2D eigenvalue weighted by atomic mass is 10.1. The van der Waals surface area contributed by atoms with Crippen molar-refractivity contribution >= 4 is 29.1 Å². The first-order chi connectivity index (χ1) is 11.9. The minimum absolute atomic E-state index is 0.0296. The number of carbonyl (C=O) groups is 2. The highest BCUT2D eigenvalue weighted by atomic mass is 35.5. The zero-order valence-corrected chi connectivity index (χ0v) is 14.5. The van der Waals surface area contributed by atoms with E-state index in [0.29, 0.717) is 13.1 Å². The number of likely N-dealkylation sites (tertiary alicyclic amines) is 1. The maximum Gasteiger partial charge on any atom is 0.229 e. The summed E-state index contributed by atoms with van der Waals surface area (Å²) in [5.41, 5.74) is 2.19. The van der Waals surface area contributed by atoms with Crippen molar-refractivity contribution in [3.05, 3.63) is 64.4 Å². The molecule has 2 aromatic rings. The number of anilines is 1. The van der Waals surface area contributed by atoms with Gasteiger partial charge in [-0.2, -0.15) is 0 Å². The highest BCUT2D eigenvalue weighted by Gasteiger charge is 2.34. The average molecular weight is 361 g/mol. The van der Waals surface area contributed by atoms with Crippen molar-refractivity contribution in [2.45, 2.75) is 19.9 Å². The Balaban J connectivity index is 1.64. The molecule has 2 amide bonds. The number of nitrogens with zero attached hydrogens (tertiary/aromatic N) is 1. The molecular formula is C19H18ClFN2O2. The normalized spacial score (nSPS) is 17.0. The molecule has 0 saturated carbocycles. The molecule has 0 aromatic heterocycles. The highest BCUT2D eigenvalue weighted by Crippen LogP contribution is 2.25. The molecule has 1 fully saturated rings. The smallest absolute Gasteiger partial charge is 0.229 e. The highest BCUT2D eigenvalue weighted by molar-refractivity contribution is 6.31. The van der Waals surface area contributed by atoms with E-state index >= 15 is 0 Å². The summed E-state index contributed by atoms with van der Waals surface area (Å²) in [6.45, 7) is 2.79. The summed E-state index contributed by atoms with van der Waals surface area (Å²) in [4.78, 5) is 26.2. The molecular weight excluding hydrogens is 343 g/mol. The van der Waals surface area contributed by atoms with E-state index in [0.717, 1.165) is 11.1 Å². The van der Waals surface area contributed by atoms with Gasteiger partial charge in [0.05, 0.1) is 16.6 Å². The fraction of sp³-hybridized carbons (Fsp3) is 0.263. The van der Waals surface area contributed by atoms with Gasteiger partial charge in [-0.15, -0.1) is 0 Å². The second-order valence-electron chi connectivity index (χ2n) is 6.25. The molecule has 1 aliphatic rings. The van der Waals surface area contributed by atoms with E-state index in [-0.39, 0.29) is 28.9 Å². The molecule has 1 unspecified atom stereocenters. The van der Waals surface area contributed by atoms with Crippen LogP contribution in [0.15, 0.2) is 42.5 Å². The van der Waals surface area contributed by atoms with Crippen LogP contribution < -0.4 is 5.32 Å². The fourth-order valence-electron chi connectivity index (χ4n) is 2.85. The molecule has 4 nitrogen and oxygen atoms in total. The maximum absolute atomic E-state index is 13.9. The third-order valence-electron chi connectivity index (χ3n) is 4.29. The van der Waals surface area contributed by atoms with Gasteiger partial charge < -0.3 is 10.2 Å². The number of halogens is 2. The van der Waals surface area contributed by atoms with Crippen LogP contribution in [0.5, 0.6) is 0 Å². The first kappa shape index (κ1) is 17.4. The molecule has 1 saturated heterocycles. The zero-order chi connectivity index (χ0) is 18.0. The molecule has 1 aliphatic heterocycles. The summed E-state index contributed by atoms with van der Waals surface area (Å²) in [6.07, 6.45) is 0.125. The Morgan fingerprint density at radius 2 is 2.00 bits per heavy atom. The number of benzene rings is 2. The summed E-state index contributed by atoms with van der Waals surface area (Å²) in [6, 6.07) is 12.3. The minimum atomic E-state index is -0.668. The van der Waals surface area contributed by atoms with Crippen LogP contribution in [-0.2, 0) is 16.1 Å². The van der Waals surface area contributed by atoms with E-state index in [1.54, 1.807) is 11.0 Å². The quantitative estimate of drug-likeness (QED) is 0.902. The molecule has 6 heteroatoms. The Labute approximate surface area is 150 Å². The van der Waals surface area contributed by atoms with E-state index in [4.69, 9.17) is 11.6 Å². The molecule has 1 atom stereocenters. The Morgan fingerprint density at radius 3 is 2.72 bits per heavy atom. The van der Waals surface area contributed by atoms with Crippen LogP contribution in [0.25, 0.3) is 0 Å². The van der Waals surface area contributed by atoms with Crippen LogP contribution >= 0.6 is 11.6 Å². The number of rotatable bonds is 4. The van der Waals surface area contributed by atoms with Gasteiger partial charge in [-0.05, 0) is 24.6 Å². The van der Waals surface area contributed by atoms with Gasteiger partial charge in [0.15, 0.2) is 5.82 Å². The molecule has 0 aliphatic carbocycles. The van der Waals surface area contributed by atoms with Crippen molar-refractivity contribution in [1.82, 2.24) is 4.90 Å². The standard InChI is InChI=1S/C19H18ClFN2O2/c1-12-5-7-13(8-6-12)10-23-11-14(9-17(23)24)19(25)22-16-4-2-3-15(20)18(16)21/h2-8,14H,9-11H2,1H3,(H,22,25). The van der Waals surface area contributed by atoms with Crippen LogP contribution in [0.1, 0.15) is 17.5 Å². The third kappa shape index (κ3) is 3.99. The molecule has 1 heterocycles. The summed E-state index contributed by atoms with van der Waals surface area (Å²) < 4.78 is 13.9. The average Bonchev–Trinajstić information content (AvgIpc) is 2.95. The molecule has 0 bridgehead atoms. The Bertz CT molecular complexity index is 808. The van der Waals surface area contributed by atoms with Gasteiger partial charge in [0.1, 0.15) is 0 Å². The van der Waals surface area contributed by atoms with Gasteiger partial charge in [-0.3, -0.25) is 9.59 Å². The largest absolute Gasteiger partial charge is 0.338 e. The third-order valence-corrected chi connectivity index (χ3v) is 4.58. The van der Waals surface area contributed by atoms with E-state index in [1.807, 2.05) is 31.2 Å². The van der Waals surface area contributed by atoms with E-state index < -0.39 is 11.7 Å². The predicted molar refractivity (Wildman–Crippen MR) is 94.7 cm³/mol. The Hall–Kier alpha value is -2.40.